The van der Waals surface area contributed by atoms with E-state index in [-0.39, 0.29) is 35.1 Å². The summed E-state index contributed by atoms with van der Waals surface area (Å²) in [6.45, 7) is 0. The molecule has 1 aliphatic rings. The summed E-state index contributed by atoms with van der Waals surface area (Å²) in [4.78, 5) is 11.1. The molecule has 2 N–H and O–H groups in total. The monoisotopic (exact) mass is 251 g/mol. The number of hydrogen-bond acceptors (Lipinski definition) is 3. The predicted octanol–water partition coefficient (Wildman–Crippen LogP) is 2.59. The second-order valence-corrected chi connectivity index (χ2v) is 3.71. The fraction of sp³-hybridized carbons (Fsp3) is 0. The number of benzene rings is 2. The molecule has 0 spiro atoms. The van der Waals surface area contributed by atoms with Gasteiger partial charge < -0.3 is 15.2 Å². The molecule has 18 heavy (non-hydrogen) atoms. The Morgan fingerprint density at radius 3 is 2.56 bits per heavy atom. The number of ether oxygens (including phenoxy) is 1. The van der Waals surface area contributed by atoms with Crippen molar-refractivity contribution in [2.75, 3.05) is 5.32 Å². The van der Waals surface area contributed by atoms with Crippen LogP contribution in [0.3, 0.4) is 0 Å². The standard InChI is InChI=1S/C13H9NO3.Na.H/c15-13(16)8-4-3-7-11-12(8)14-9-5-1-2-6-10(9)17-11;;/h1-7,14H,(H,15,16);;. The van der Waals surface area contributed by atoms with Gasteiger partial charge in [-0.25, -0.2) is 4.79 Å². The molecule has 0 bridgehead atoms. The van der Waals surface area contributed by atoms with E-state index in [1.54, 1.807) is 18.2 Å². The van der Waals surface area contributed by atoms with Crippen molar-refractivity contribution in [1.82, 2.24) is 0 Å². The zero-order valence-corrected chi connectivity index (χ0v) is 8.81. The van der Waals surface area contributed by atoms with Gasteiger partial charge >= 0.3 is 35.5 Å². The average molecular weight is 251 g/mol. The first-order chi connectivity index (χ1) is 8.25. The van der Waals surface area contributed by atoms with E-state index in [2.05, 4.69) is 5.32 Å². The molecule has 1 heterocycles. The third-order valence-electron chi connectivity index (χ3n) is 2.62. The summed E-state index contributed by atoms with van der Waals surface area (Å²) >= 11 is 0. The first-order valence-corrected chi connectivity index (χ1v) is 5.16. The molecule has 0 saturated carbocycles. The molecule has 0 amide bonds. The van der Waals surface area contributed by atoms with Crippen LogP contribution in [0.4, 0.5) is 11.4 Å². The number of para-hydroxylation sites is 3. The molecule has 0 aliphatic carbocycles. The Bertz CT molecular complexity index is 613. The topological polar surface area (TPSA) is 58.6 Å². The van der Waals surface area contributed by atoms with Crippen LogP contribution in [0.1, 0.15) is 10.4 Å². The molecule has 3 rings (SSSR count). The van der Waals surface area contributed by atoms with Crippen LogP contribution in [-0.2, 0) is 0 Å². The second-order valence-electron chi connectivity index (χ2n) is 3.71. The number of carboxylic acid groups (broad SMARTS) is 1. The van der Waals surface area contributed by atoms with Crippen LogP contribution in [0.15, 0.2) is 42.5 Å². The Kier molecular flexibility index (Phi) is 3.61. The van der Waals surface area contributed by atoms with E-state index in [1.165, 1.54) is 0 Å². The number of rotatable bonds is 1. The summed E-state index contributed by atoms with van der Waals surface area (Å²) in [7, 11) is 0. The third-order valence-corrected chi connectivity index (χ3v) is 2.62. The van der Waals surface area contributed by atoms with Gasteiger partial charge in [0.2, 0.25) is 0 Å². The maximum atomic E-state index is 11.1. The van der Waals surface area contributed by atoms with Crippen molar-refractivity contribution in [3.8, 4) is 11.5 Å². The second kappa shape index (κ2) is 5.02. The minimum absolute atomic E-state index is 0. The van der Waals surface area contributed by atoms with E-state index < -0.39 is 5.97 Å². The van der Waals surface area contributed by atoms with Gasteiger partial charge in [0.05, 0.1) is 16.9 Å². The van der Waals surface area contributed by atoms with Crippen LogP contribution in [0, 0.1) is 0 Å². The van der Waals surface area contributed by atoms with Crippen molar-refractivity contribution < 1.29 is 14.6 Å². The van der Waals surface area contributed by atoms with Gasteiger partial charge in [-0.15, -0.1) is 0 Å². The van der Waals surface area contributed by atoms with Crippen molar-refractivity contribution in [3.05, 3.63) is 48.0 Å². The van der Waals surface area contributed by atoms with E-state index in [0.717, 1.165) is 5.69 Å². The Morgan fingerprint density at radius 1 is 1.06 bits per heavy atom. The van der Waals surface area contributed by atoms with Crippen molar-refractivity contribution in [3.63, 3.8) is 0 Å². The Morgan fingerprint density at radius 2 is 1.78 bits per heavy atom. The molecule has 0 saturated heterocycles. The fourth-order valence-electron chi connectivity index (χ4n) is 1.84. The van der Waals surface area contributed by atoms with Crippen LogP contribution < -0.4 is 10.1 Å². The normalized spacial score (nSPS) is 11.1. The molecular weight excluding hydrogens is 241 g/mol. The summed E-state index contributed by atoms with van der Waals surface area (Å²) in [5.41, 5.74) is 1.48. The zero-order chi connectivity index (χ0) is 11.8. The molecule has 1 aliphatic heterocycles. The number of aromatic carboxylic acids is 1. The summed E-state index contributed by atoms with van der Waals surface area (Å²) in [5, 5.41) is 12.2. The van der Waals surface area contributed by atoms with Gasteiger partial charge in [-0.3, -0.25) is 0 Å². The molecular formula is C13H10NNaO3. The maximum absolute atomic E-state index is 11.1. The Balaban J connectivity index is 0.00000120. The van der Waals surface area contributed by atoms with Crippen molar-refractivity contribution in [2.24, 2.45) is 0 Å². The van der Waals surface area contributed by atoms with E-state index in [1.807, 2.05) is 24.3 Å². The Hall–Kier alpha value is -1.49. The molecule has 2 aromatic rings. The minimum atomic E-state index is -0.975. The van der Waals surface area contributed by atoms with Gasteiger partial charge in [-0.2, -0.15) is 0 Å². The third kappa shape index (κ3) is 2.10. The van der Waals surface area contributed by atoms with Crippen molar-refractivity contribution in [2.45, 2.75) is 0 Å². The number of nitrogens with one attached hydrogen (secondary N) is 1. The van der Waals surface area contributed by atoms with E-state index in [0.29, 0.717) is 17.2 Å². The van der Waals surface area contributed by atoms with Crippen LogP contribution in [0.5, 0.6) is 11.5 Å². The molecule has 2 aromatic carbocycles. The summed E-state index contributed by atoms with van der Waals surface area (Å²) in [6.07, 6.45) is 0. The molecule has 0 fully saturated rings. The van der Waals surface area contributed by atoms with Gasteiger partial charge in [-0.1, -0.05) is 18.2 Å². The van der Waals surface area contributed by atoms with Crippen LogP contribution >= 0.6 is 0 Å². The van der Waals surface area contributed by atoms with Crippen LogP contribution in [-0.4, -0.2) is 40.6 Å². The van der Waals surface area contributed by atoms with Gasteiger partial charge in [0, 0.05) is 0 Å². The van der Waals surface area contributed by atoms with Crippen LogP contribution in [0.25, 0.3) is 0 Å². The molecule has 0 unspecified atom stereocenters. The number of carbonyl (C=O) groups is 1. The van der Waals surface area contributed by atoms with Gasteiger partial charge in [0.15, 0.2) is 11.5 Å². The molecule has 0 aromatic heterocycles. The van der Waals surface area contributed by atoms with Crippen molar-refractivity contribution >= 4 is 46.9 Å². The number of hydrogen-bond donors (Lipinski definition) is 2. The zero-order valence-electron chi connectivity index (χ0n) is 8.81. The average Bonchev–Trinajstić information content (AvgIpc) is 2.35. The number of anilines is 2. The van der Waals surface area contributed by atoms with E-state index >= 15 is 0 Å². The van der Waals surface area contributed by atoms with Crippen molar-refractivity contribution in [1.29, 1.82) is 0 Å². The van der Waals surface area contributed by atoms with E-state index in [9.17, 15) is 4.79 Å². The molecule has 86 valence electrons. The van der Waals surface area contributed by atoms with E-state index in [4.69, 9.17) is 9.84 Å². The number of carboxylic acids is 1. The molecule has 4 nitrogen and oxygen atoms in total. The summed E-state index contributed by atoms with van der Waals surface area (Å²) in [6, 6.07) is 12.4. The quantitative estimate of drug-likeness (QED) is 0.653. The van der Waals surface area contributed by atoms with Gasteiger partial charge in [-0.05, 0) is 24.3 Å². The first-order valence-electron chi connectivity index (χ1n) is 5.16. The predicted molar refractivity (Wildman–Crippen MR) is 70.3 cm³/mol. The fourth-order valence-corrected chi connectivity index (χ4v) is 1.84. The first kappa shape index (κ1) is 13.0. The molecule has 5 heteroatoms. The van der Waals surface area contributed by atoms with Gasteiger partial charge in [0.25, 0.3) is 0 Å². The SMILES string of the molecule is O=C(O)c1cccc2c1Nc1ccccc1O2.[NaH]. The Labute approximate surface area is 126 Å². The molecule has 0 atom stereocenters. The van der Waals surface area contributed by atoms with Gasteiger partial charge in [0.1, 0.15) is 0 Å². The summed E-state index contributed by atoms with van der Waals surface area (Å²) in [5.74, 6) is 0.253. The number of fused-ring (bicyclic) bond motifs is 2. The molecule has 0 radical (unpaired) electrons. The summed E-state index contributed by atoms with van der Waals surface area (Å²) < 4.78 is 5.64. The van der Waals surface area contributed by atoms with Crippen LogP contribution in [0.2, 0.25) is 0 Å².